The van der Waals surface area contributed by atoms with Gasteiger partial charge in [-0.3, -0.25) is 4.98 Å². The number of nitrogen functional groups attached to an aromatic ring is 1. The molecule has 2 aromatic rings. The highest BCUT2D eigenvalue weighted by molar-refractivity contribution is 6.31. The fourth-order valence-electron chi connectivity index (χ4n) is 1.54. The predicted molar refractivity (Wildman–Crippen MR) is 70.0 cm³/mol. The highest BCUT2D eigenvalue weighted by Crippen LogP contribution is 2.21. The quantitative estimate of drug-likeness (QED) is 0.848. The van der Waals surface area contributed by atoms with Crippen molar-refractivity contribution in [2.75, 3.05) is 17.7 Å². The number of benzene rings is 1. The number of nitrogens with two attached hydrogens (primary N) is 1. The Balaban J connectivity index is 2.18. The first-order valence-electron chi connectivity index (χ1n) is 5.18. The number of hydrogen-bond acceptors (Lipinski definition) is 4. The molecule has 0 radical (unpaired) electrons. The van der Waals surface area contributed by atoms with Crippen molar-refractivity contribution in [2.45, 2.75) is 6.54 Å². The summed E-state index contributed by atoms with van der Waals surface area (Å²) in [6.07, 6.45) is 5.01. The van der Waals surface area contributed by atoms with Gasteiger partial charge in [0.1, 0.15) is 5.82 Å². The Kier molecular flexibility index (Phi) is 3.44. The molecule has 0 unspecified atom stereocenters. The molecule has 1 aromatic carbocycles. The van der Waals surface area contributed by atoms with E-state index in [4.69, 9.17) is 17.3 Å². The molecule has 4 nitrogen and oxygen atoms in total. The fraction of sp³-hybridized carbons (Fsp3) is 0.167. The van der Waals surface area contributed by atoms with Crippen molar-refractivity contribution in [3.05, 3.63) is 47.4 Å². The molecule has 1 heterocycles. The van der Waals surface area contributed by atoms with Crippen LogP contribution in [0.3, 0.4) is 0 Å². The largest absolute Gasteiger partial charge is 0.399 e. The number of anilines is 2. The molecule has 0 bridgehead atoms. The first kappa shape index (κ1) is 11.7. The van der Waals surface area contributed by atoms with Gasteiger partial charge >= 0.3 is 0 Å². The maximum Gasteiger partial charge on any atom is 0.147 e. The lowest BCUT2D eigenvalue weighted by atomic mass is 10.2. The second kappa shape index (κ2) is 5.01. The average molecular weight is 249 g/mol. The Morgan fingerprint density at radius 3 is 2.88 bits per heavy atom. The molecule has 88 valence electrons. The standard InChI is InChI=1S/C12H13ClN4/c1-17(12-7-15-4-5-16-12)8-9-6-10(14)2-3-11(9)13/h2-7H,8,14H2,1H3. The molecule has 0 aliphatic heterocycles. The topological polar surface area (TPSA) is 55.0 Å². The van der Waals surface area contributed by atoms with Crippen LogP contribution in [-0.2, 0) is 6.54 Å². The van der Waals surface area contributed by atoms with Crippen LogP contribution in [0.1, 0.15) is 5.56 Å². The van der Waals surface area contributed by atoms with Crippen LogP contribution < -0.4 is 10.6 Å². The molecule has 2 rings (SSSR count). The smallest absolute Gasteiger partial charge is 0.147 e. The molecule has 17 heavy (non-hydrogen) atoms. The van der Waals surface area contributed by atoms with Gasteiger partial charge < -0.3 is 10.6 Å². The molecule has 0 atom stereocenters. The molecule has 1 aromatic heterocycles. The van der Waals surface area contributed by atoms with E-state index in [0.29, 0.717) is 17.3 Å². The SMILES string of the molecule is CN(Cc1cc(N)ccc1Cl)c1cnccn1. The van der Waals surface area contributed by atoms with Crippen LogP contribution >= 0.6 is 11.6 Å². The minimum atomic E-state index is 0.641. The summed E-state index contributed by atoms with van der Waals surface area (Å²) in [4.78, 5) is 10.2. The normalized spacial score (nSPS) is 10.2. The van der Waals surface area contributed by atoms with Crippen LogP contribution in [0, 0.1) is 0 Å². The molecular weight excluding hydrogens is 236 g/mol. The van der Waals surface area contributed by atoms with Crippen LogP contribution in [0.4, 0.5) is 11.5 Å². The summed E-state index contributed by atoms with van der Waals surface area (Å²) in [6, 6.07) is 5.46. The molecule has 0 aliphatic rings. The minimum Gasteiger partial charge on any atom is -0.399 e. The molecule has 0 saturated heterocycles. The van der Waals surface area contributed by atoms with E-state index in [1.165, 1.54) is 0 Å². The minimum absolute atomic E-state index is 0.641. The van der Waals surface area contributed by atoms with Crippen molar-refractivity contribution in [2.24, 2.45) is 0 Å². The van der Waals surface area contributed by atoms with E-state index >= 15 is 0 Å². The van der Waals surface area contributed by atoms with Crippen molar-refractivity contribution in [3.63, 3.8) is 0 Å². The third-order valence-electron chi connectivity index (χ3n) is 2.42. The predicted octanol–water partition coefficient (Wildman–Crippen LogP) is 2.35. The summed E-state index contributed by atoms with van der Waals surface area (Å²) in [6.45, 7) is 0.641. The van der Waals surface area contributed by atoms with Gasteiger partial charge in [0.2, 0.25) is 0 Å². The maximum atomic E-state index is 6.11. The van der Waals surface area contributed by atoms with E-state index in [1.54, 1.807) is 30.7 Å². The Labute approximate surface area is 105 Å². The first-order valence-corrected chi connectivity index (χ1v) is 5.55. The lowest BCUT2D eigenvalue weighted by Crippen LogP contribution is -2.18. The van der Waals surface area contributed by atoms with E-state index in [0.717, 1.165) is 11.4 Å². The van der Waals surface area contributed by atoms with Crippen molar-refractivity contribution in [1.82, 2.24) is 9.97 Å². The monoisotopic (exact) mass is 248 g/mol. The summed E-state index contributed by atoms with van der Waals surface area (Å²) in [5.41, 5.74) is 7.41. The molecule has 0 saturated carbocycles. The third kappa shape index (κ3) is 2.85. The van der Waals surface area contributed by atoms with Gasteiger partial charge in [-0.1, -0.05) is 11.6 Å². The van der Waals surface area contributed by atoms with Gasteiger partial charge in [-0.2, -0.15) is 0 Å². The van der Waals surface area contributed by atoms with Gasteiger partial charge in [0.25, 0.3) is 0 Å². The van der Waals surface area contributed by atoms with Gasteiger partial charge in [0.05, 0.1) is 6.20 Å². The van der Waals surface area contributed by atoms with Gasteiger partial charge in [-0.25, -0.2) is 4.98 Å². The van der Waals surface area contributed by atoms with Crippen LogP contribution in [0.5, 0.6) is 0 Å². The second-order valence-corrected chi connectivity index (χ2v) is 4.18. The zero-order chi connectivity index (χ0) is 12.3. The zero-order valence-corrected chi connectivity index (χ0v) is 10.2. The Hall–Kier alpha value is -1.81. The van der Waals surface area contributed by atoms with E-state index in [-0.39, 0.29) is 0 Å². The maximum absolute atomic E-state index is 6.11. The number of hydrogen-bond donors (Lipinski definition) is 1. The Bertz CT molecular complexity index is 501. The van der Waals surface area contributed by atoms with E-state index < -0.39 is 0 Å². The summed E-state index contributed by atoms with van der Waals surface area (Å²) < 4.78 is 0. The van der Waals surface area contributed by atoms with E-state index in [9.17, 15) is 0 Å². The lowest BCUT2D eigenvalue weighted by molar-refractivity contribution is 0.890. The molecular formula is C12H13ClN4. The van der Waals surface area contributed by atoms with E-state index in [2.05, 4.69) is 9.97 Å². The molecule has 5 heteroatoms. The van der Waals surface area contributed by atoms with Crippen molar-refractivity contribution >= 4 is 23.1 Å². The van der Waals surface area contributed by atoms with Gasteiger partial charge in [0, 0.05) is 36.7 Å². The number of nitrogens with zero attached hydrogens (tertiary/aromatic N) is 3. The molecule has 0 aliphatic carbocycles. The van der Waals surface area contributed by atoms with Crippen molar-refractivity contribution in [1.29, 1.82) is 0 Å². The highest BCUT2D eigenvalue weighted by atomic mass is 35.5. The molecule has 0 spiro atoms. The van der Waals surface area contributed by atoms with Crippen LogP contribution in [0.25, 0.3) is 0 Å². The van der Waals surface area contributed by atoms with Gasteiger partial charge in [0.15, 0.2) is 0 Å². The molecule has 0 amide bonds. The Morgan fingerprint density at radius 1 is 1.35 bits per heavy atom. The van der Waals surface area contributed by atoms with Gasteiger partial charge in [-0.05, 0) is 23.8 Å². The van der Waals surface area contributed by atoms with Crippen molar-refractivity contribution in [3.8, 4) is 0 Å². The van der Waals surface area contributed by atoms with Crippen LogP contribution in [0.15, 0.2) is 36.8 Å². The Morgan fingerprint density at radius 2 is 2.18 bits per heavy atom. The highest BCUT2D eigenvalue weighted by Gasteiger charge is 2.06. The second-order valence-electron chi connectivity index (χ2n) is 3.77. The summed E-state index contributed by atoms with van der Waals surface area (Å²) in [5, 5.41) is 0.704. The molecule has 0 fully saturated rings. The third-order valence-corrected chi connectivity index (χ3v) is 2.79. The molecule has 2 N–H and O–H groups in total. The van der Waals surface area contributed by atoms with Crippen LogP contribution in [-0.4, -0.2) is 17.0 Å². The summed E-state index contributed by atoms with van der Waals surface area (Å²) in [5.74, 6) is 0.797. The summed E-state index contributed by atoms with van der Waals surface area (Å²) >= 11 is 6.11. The fourth-order valence-corrected chi connectivity index (χ4v) is 1.72. The van der Waals surface area contributed by atoms with Crippen molar-refractivity contribution < 1.29 is 0 Å². The number of rotatable bonds is 3. The van der Waals surface area contributed by atoms with Gasteiger partial charge in [-0.15, -0.1) is 0 Å². The first-order chi connectivity index (χ1) is 8.16. The summed E-state index contributed by atoms with van der Waals surface area (Å²) in [7, 11) is 1.93. The number of halogens is 1. The van der Waals surface area contributed by atoms with E-state index in [1.807, 2.05) is 18.0 Å². The average Bonchev–Trinajstić information content (AvgIpc) is 2.35. The zero-order valence-electron chi connectivity index (χ0n) is 9.47. The van der Waals surface area contributed by atoms with Crippen LogP contribution in [0.2, 0.25) is 5.02 Å². The lowest BCUT2D eigenvalue weighted by Gasteiger charge is -2.18. The number of aromatic nitrogens is 2.